The van der Waals surface area contributed by atoms with E-state index in [4.69, 9.17) is 4.98 Å². The van der Waals surface area contributed by atoms with Gasteiger partial charge in [-0.2, -0.15) is 0 Å². The number of benzene rings is 1. The number of imidazole rings is 1. The number of para-hydroxylation sites is 2. The Bertz CT molecular complexity index is 550. The molecule has 0 spiro atoms. The molecule has 1 aromatic heterocycles. The zero-order valence-corrected chi connectivity index (χ0v) is 11.2. The minimum Gasteiger partial charge on any atom is -0.328 e. The summed E-state index contributed by atoms with van der Waals surface area (Å²) < 4.78 is 2.35. The van der Waals surface area contributed by atoms with Gasteiger partial charge in [-0.3, -0.25) is 0 Å². The van der Waals surface area contributed by atoms with E-state index in [1.54, 1.807) is 0 Å². The first-order valence-electron chi connectivity index (χ1n) is 6.91. The van der Waals surface area contributed by atoms with E-state index in [9.17, 15) is 0 Å². The average Bonchev–Trinajstić information content (AvgIpc) is 2.92. The maximum atomic E-state index is 4.82. The van der Waals surface area contributed by atoms with Gasteiger partial charge in [-0.25, -0.2) is 4.98 Å². The van der Waals surface area contributed by atoms with Crippen molar-refractivity contribution in [2.45, 2.75) is 45.2 Å². The van der Waals surface area contributed by atoms with Crippen molar-refractivity contribution in [2.24, 2.45) is 0 Å². The van der Waals surface area contributed by atoms with E-state index in [2.05, 4.69) is 48.0 Å². The molecule has 1 N–H and O–H groups in total. The Morgan fingerprint density at radius 2 is 2.22 bits per heavy atom. The van der Waals surface area contributed by atoms with E-state index >= 15 is 0 Å². The molecule has 18 heavy (non-hydrogen) atoms. The molecule has 3 heteroatoms. The van der Waals surface area contributed by atoms with E-state index in [1.165, 1.54) is 24.2 Å². The number of aromatic nitrogens is 2. The van der Waals surface area contributed by atoms with Crippen molar-refractivity contribution in [3.63, 3.8) is 0 Å². The third-order valence-electron chi connectivity index (χ3n) is 4.06. The largest absolute Gasteiger partial charge is 0.328 e. The molecule has 0 amide bonds. The van der Waals surface area contributed by atoms with Crippen LogP contribution in [-0.4, -0.2) is 21.6 Å². The van der Waals surface area contributed by atoms with Crippen LogP contribution in [0.4, 0.5) is 0 Å². The van der Waals surface area contributed by atoms with Gasteiger partial charge >= 0.3 is 0 Å². The third-order valence-corrected chi connectivity index (χ3v) is 4.06. The topological polar surface area (TPSA) is 29.9 Å². The first-order chi connectivity index (χ1) is 8.72. The highest BCUT2D eigenvalue weighted by Gasteiger charge is 2.30. The average molecular weight is 243 g/mol. The third kappa shape index (κ3) is 1.93. The summed E-state index contributed by atoms with van der Waals surface area (Å²) in [5.41, 5.74) is 2.61. The van der Waals surface area contributed by atoms with E-state index in [0.29, 0.717) is 0 Å². The lowest BCUT2D eigenvalue weighted by Gasteiger charge is -2.24. The molecule has 2 aromatic rings. The van der Waals surface area contributed by atoms with Crippen LogP contribution in [0.5, 0.6) is 0 Å². The molecule has 0 radical (unpaired) electrons. The number of rotatable bonds is 3. The van der Waals surface area contributed by atoms with E-state index in [0.717, 1.165) is 25.0 Å². The Kier molecular flexibility index (Phi) is 2.86. The van der Waals surface area contributed by atoms with Crippen LogP contribution < -0.4 is 5.32 Å². The SMILES string of the molecule is CCn1c(CC2(C)CCCN2)nc2ccccc21. The minimum absolute atomic E-state index is 0.230. The van der Waals surface area contributed by atoms with Crippen molar-refractivity contribution in [3.8, 4) is 0 Å². The predicted molar refractivity (Wildman–Crippen MR) is 74.8 cm³/mol. The lowest BCUT2D eigenvalue weighted by molar-refractivity contribution is 0.398. The summed E-state index contributed by atoms with van der Waals surface area (Å²) in [5, 5.41) is 3.62. The van der Waals surface area contributed by atoms with Crippen molar-refractivity contribution >= 4 is 11.0 Å². The van der Waals surface area contributed by atoms with E-state index in [-0.39, 0.29) is 5.54 Å². The molecule has 1 aliphatic heterocycles. The van der Waals surface area contributed by atoms with E-state index < -0.39 is 0 Å². The summed E-state index contributed by atoms with van der Waals surface area (Å²) in [5.74, 6) is 1.22. The molecular weight excluding hydrogens is 222 g/mol. The molecule has 1 atom stereocenters. The summed E-state index contributed by atoms with van der Waals surface area (Å²) in [4.78, 5) is 4.82. The van der Waals surface area contributed by atoms with Crippen molar-refractivity contribution in [2.75, 3.05) is 6.54 Å². The normalized spacial score (nSPS) is 23.9. The molecule has 0 bridgehead atoms. The molecular formula is C15H21N3. The molecule has 2 heterocycles. The van der Waals surface area contributed by atoms with Crippen LogP contribution in [0.2, 0.25) is 0 Å². The Labute approximate surface area is 108 Å². The Balaban J connectivity index is 2.00. The van der Waals surface area contributed by atoms with Gasteiger partial charge in [-0.1, -0.05) is 12.1 Å². The first kappa shape index (κ1) is 11.7. The van der Waals surface area contributed by atoms with Crippen LogP contribution >= 0.6 is 0 Å². The summed E-state index contributed by atoms with van der Waals surface area (Å²) in [7, 11) is 0. The summed E-state index contributed by atoms with van der Waals surface area (Å²) in [6, 6.07) is 8.43. The fourth-order valence-corrected chi connectivity index (χ4v) is 3.07. The monoisotopic (exact) mass is 243 g/mol. The lowest BCUT2D eigenvalue weighted by Crippen LogP contribution is -2.39. The van der Waals surface area contributed by atoms with Crippen LogP contribution in [0.25, 0.3) is 11.0 Å². The van der Waals surface area contributed by atoms with Crippen LogP contribution in [0.1, 0.15) is 32.5 Å². The second kappa shape index (κ2) is 4.39. The molecule has 1 saturated heterocycles. The summed E-state index contributed by atoms with van der Waals surface area (Å²) in [6.07, 6.45) is 3.55. The number of hydrogen-bond acceptors (Lipinski definition) is 2. The molecule has 3 nitrogen and oxygen atoms in total. The van der Waals surface area contributed by atoms with Crippen molar-refractivity contribution in [3.05, 3.63) is 30.1 Å². The number of nitrogens with zero attached hydrogens (tertiary/aromatic N) is 2. The van der Waals surface area contributed by atoms with Gasteiger partial charge in [0.25, 0.3) is 0 Å². The van der Waals surface area contributed by atoms with Crippen LogP contribution in [0.3, 0.4) is 0 Å². The van der Waals surface area contributed by atoms with Crippen molar-refractivity contribution < 1.29 is 0 Å². The molecule has 1 unspecified atom stereocenters. The lowest BCUT2D eigenvalue weighted by atomic mass is 9.95. The van der Waals surface area contributed by atoms with E-state index in [1.807, 2.05) is 0 Å². The Morgan fingerprint density at radius 1 is 1.39 bits per heavy atom. The number of fused-ring (bicyclic) bond motifs is 1. The smallest absolute Gasteiger partial charge is 0.111 e. The second-order valence-electron chi connectivity index (χ2n) is 5.53. The second-order valence-corrected chi connectivity index (χ2v) is 5.53. The van der Waals surface area contributed by atoms with Gasteiger partial charge in [0.1, 0.15) is 5.82 Å². The van der Waals surface area contributed by atoms with Gasteiger partial charge in [0.2, 0.25) is 0 Å². The van der Waals surface area contributed by atoms with Crippen LogP contribution in [0.15, 0.2) is 24.3 Å². The first-order valence-corrected chi connectivity index (χ1v) is 6.91. The molecule has 1 aliphatic rings. The van der Waals surface area contributed by atoms with Crippen molar-refractivity contribution in [1.29, 1.82) is 0 Å². The van der Waals surface area contributed by atoms with Crippen LogP contribution in [0, 0.1) is 0 Å². The molecule has 3 rings (SSSR count). The highest BCUT2D eigenvalue weighted by Crippen LogP contribution is 2.25. The van der Waals surface area contributed by atoms with Crippen LogP contribution in [-0.2, 0) is 13.0 Å². The summed E-state index contributed by atoms with van der Waals surface area (Å²) >= 11 is 0. The summed E-state index contributed by atoms with van der Waals surface area (Å²) in [6.45, 7) is 6.65. The highest BCUT2D eigenvalue weighted by molar-refractivity contribution is 5.75. The highest BCUT2D eigenvalue weighted by atomic mass is 15.1. The predicted octanol–water partition coefficient (Wildman–Crippen LogP) is 2.74. The van der Waals surface area contributed by atoms with Gasteiger partial charge in [-0.15, -0.1) is 0 Å². The number of hydrogen-bond donors (Lipinski definition) is 1. The maximum absolute atomic E-state index is 4.82. The minimum atomic E-state index is 0.230. The van der Waals surface area contributed by atoms with Gasteiger partial charge in [-0.05, 0) is 45.4 Å². The van der Waals surface area contributed by atoms with Gasteiger partial charge < -0.3 is 9.88 Å². The van der Waals surface area contributed by atoms with Gasteiger partial charge in [0.05, 0.1) is 11.0 Å². The molecule has 0 aliphatic carbocycles. The zero-order valence-electron chi connectivity index (χ0n) is 11.2. The molecule has 96 valence electrons. The van der Waals surface area contributed by atoms with Gasteiger partial charge in [0.15, 0.2) is 0 Å². The standard InChI is InChI=1S/C15H21N3/c1-3-18-13-8-5-4-7-12(13)17-14(18)11-15(2)9-6-10-16-15/h4-5,7-8,16H,3,6,9-11H2,1-2H3. The maximum Gasteiger partial charge on any atom is 0.111 e. The van der Waals surface area contributed by atoms with Gasteiger partial charge in [0, 0.05) is 18.5 Å². The fourth-order valence-electron chi connectivity index (χ4n) is 3.07. The molecule has 1 fully saturated rings. The molecule has 1 aromatic carbocycles. The van der Waals surface area contributed by atoms with Crippen molar-refractivity contribution in [1.82, 2.24) is 14.9 Å². The Hall–Kier alpha value is -1.35. The molecule has 0 saturated carbocycles. The zero-order chi connectivity index (χ0) is 12.6. The quantitative estimate of drug-likeness (QED) is 0.898. The Morgan fingerprint density at radius 3 is 2.94 bits per heavy atom. The number of nitrogens with one attached hydrogen (secondary N) is 1. The number of aryl methyl sites for hydroxylation is 1. The fraction of sp³-hybridized carbons (Fsp3) is 0.533.